The quantitative estimate of drug-likeness (QED) is 0.331. The van der Waals surface area contributed by atoms with Crippen molar-refractivity contribution in [2.75, 3.05) is 0 Å². The molecule has 0 saturated heterocycles. The van der Waals surface area contributed by atoms with Gasteiger partial charge in [-0.3, -0.25) is 0 Å². The zero-order valence-electron chi connectivity index (χ0n) is 13.6. The number of hydrogen-bond acceptors (Lipinski definition) is 3. The number of carboxylic acids is 1. The van der Waals surface area contributed by atoms with E-state index in [9.17, 15) is 9.59 Å². The molecule has 0 fully saturated rings. The minimum Gasteiger partial charge on any atom is -0.478 e. The molecule has 21 heavy (non-hydrogen) atoms. The Morgan fingerprint density at radius 1 is 1.00 bits per heavy atom. The van der Waals surface area contributed by atoms with E-state index in [0.717, 1.165) is 63.5 Å². The van der Waals surface area contributed by atoms with E-state index in [1.165, 1.54) is 0 Å². The van der Waals surface area contributed by atoms with Crippen molar-refractivity contribution in [2.24, 2.45) is 5.92 Å². The summed E-state index contributed by atoms with van der Waals surface area (Å²) in [7, 11) is 0. The van der Waals surface area contributed by atoms with Crippen LogP contribution in [0.3, 0.4) is 0 Å². The maximum absolute atomic E-state index is 11.7. The third kappa shape index (κ3) is 10.1. The molecule has 0 aliphatic carbocycles. The summed E-state index contributed by atoms with van der Waals surface area (Å²) in [5.74, 6) is -1.31. The highest BCUT2D eigenvalue weighted by atomic mass is 16.5. The molecule has 0 aromatic carbocycles. The summed E-state index contributed by atoms with van der Waals surface area (Å²) in [6.07, 6.45) is 10.2. The number of rotatable bonds is 12. The molecular formula is C17H30O4. The third-order valence-electron chi connectivity index (χ3n) is 3.70. The number of unbranched alkanes of at least 4 members (excludes halogenated alkanes) is 3. The Hall–Kier alpha value is -1.32. The smallest absolute Gasteiger partial charge is 0.331 e. The number of hydrogen-bond donors (Lipinski definition) is 1. The van der Waals surface area contributed by atoms with Crippen LogP contribution >= 0.6 is 0 Å². The Morgan fingerprint density at radius 3 is 2.19 bits per heavy atom. The van der Waals surface area contributed by atoms with Crippen LogP contribution in [0.1, 0.15) is 72.1 Å². The van der Waals surface area contributed by atoms with Crippen LogP contribution in [0, 0.1) is 5.92 Å². The molecule has 0 amide bonds. The summed E-state index contributed by atoms with van der Waals surface area (Å²) < 4.78 is 5.51. The van der Waals surface area contributed by atoms with Gasteiger partial charge in [-0.15, -0.1) is 0 Å². The fourth-order valence-electron chi connectivity index (χ4n) is 2.43. The van der Waals surface area contributed by atoms with Crippen LogP contribution in [-0.4, -0.2) is 23.1 Å². The molecule has 0 aromatic heterocycles. The number of carbonyl (C=O) groups is 2. The first kappa shape index (κ1) is 19.7. The number of carbonyl (C=O) groups excluding carboxylic acids is 1. The Kier molecular flexibility index (Phi) is 11.6. The van der Waals surface area contributed by atoms with Crippen molar-refractivity contribution in [1.29, 1.82) is 0 Å². The number of aliphatic carboxylic acids is 1. The molecule has 4 nitrogen and oxygen atoms in total. The van der Waals surface area contributed by atoms with E-state index in [1.807, 2.05) is 0 Å². The fourth-order valence-corrected chi connectivity index (χ4v) is 2.43. The molecule has 0 bridgehead atoms. The second-order valence-corrected chi connectivity index (χ2v) is 5.45. The van der Waals surface area contributed by atoms with Gasteiger partial charge in [-0.25, -0.2) is 9.59 Å². The lowest BCUT2D eigenvalue weighted by Gasteiger charge is -2.26. The number of ether oxygens (including phenoxy) is 1. The van der Waals surface area contributed by atoms with E-state index in [-0.39, 0.29) is 6.10 Å². The van der Waals surface area contributed by atoms with Gasteiger partial charge in [0.15, 0.2) is 0 Å². The van der Waals surface area contributed by atoms with Crippen LogP contribution in [0.2, 0.25) is 0 Å². The van der Waals surface area contributed by atoms with Gasteiger partial charge in [-0.2, -0.15) is 0 Å². The number of esters is 1. The van der Waals surface area contributed by atoms with Crippen molar-refractivity contribution in [3.8, 4) is 0 Å². The highest BCUT2D eigenvalue weighted by Crippen LogP contribution is 2.24. The molecular weight excluding hydrogens is 268 g/mol. The first-order chi connectivity index (χ1) is 10.0. The molecule has 0 heterocycles. The molecule has 2 unspecified atom stereocenters. The molecule has 2 atom stereocenters. The average Bonchev–Trinajstić information content (AvgIpc) is 2.45. The lowest BCUT2D eigenvalue weighted by atomic mass is 9.90. The van der Waals surface area contributed by atoms with Gasteiger partial charge in [0.1, 0.15) is 6.10 Å². The molecule has 0 aliphatic rings. The van der Waals surface area contributed by atoms with Crippen molar-refractivity contribution in [3.05, 3.63) is 12.2 Å². The van der Waals surface area contributed by atoms with Gasteiger partial charge in [0.05, 0.1) is 0 Å². The van der Waals surface area contributed by atoms with Crippen molar-refractivity contribution in [3.63, 3.8) is 0 Å². The van der Waals surface area contributed by atoms with E-state index >= 15 is 0 Å². The molecule has 0 saturated carbocycles. The van der Waals surface area contributed by atoms with Crippen molar-refractivity contribution in [1.82, 2.24) is 0 Å². The van der Waals surface area contributed by atoms with Gasteiger partial charge >= 0.3 is 11.9 Å². The van der Waals surface area contributed by atoms with Crippen molar-refractivity contribution in [2.45, 2.75) is 78.2 Å². The minimum atomic E-state index is -1.13. The topological polar surface area (TPSA) is 63.6 Å². The Balaban J connectivity index is 4.61. The lowest BCUT2D eigenvalue weighted by molar-refractivity contribution is -0.147. The first-order valence-corrected chi connectivity index (χ1v) is 8.16. The predicted octanol–water partition coefficient (Wildman–Crippen LogP) is 4.34. The standard InChI is InChI=1S/C17H30O4/c1-4-7-9-11-15(14(6-3)10-8-5-2)21-17(20)13-12-16(18)19/h12-15H,4-11H2,1-3H3,(H,18,19). The van der Waals surface area contributed by atoms with Crippen molar-refractivity contribution >= 4 is 11.9 Å². The maximum Gasteiger partial charge on any atom is 0.331 e. The molecule has 0 spiro atoms. The highest BCUT2D eigenvalue weighted by Gasteiger charge is 2.22. The van der Waals surface area contributed by atoms with Crippen molar-refractivity contribution < 1.29 is 19.4 Å². The van der Waals surface area contributed by atoms with E-state index < -0.39 is 11.9 Å². The normalized spacial score (nSPS) is 14.0. The summed E-state index contributed by atoms with van der Waals surface area (Å²) in [4.78, 5) is 22.1. The Bertz CT molecular complexity index is 323. The van der Waals surface area contributed by atoms with E-state index in [4.69, 9.17) is 9.84 Å². The SMILES string of the molecule is CCCCCC(OC(=O)C=CC(=O)O)C(CC)CCCC. The van der Waals surface area contributed by atoms with E-state index in [2.05, 4.69) is 20.8 Å². The van der Waals surface area contributed by atoms with Gasteiger partial charge in [-0.1, -0.05) is 46.5 Å². The zero-order chi connectivity index (χ0) is 16.1. The second kappa shape index (κ2) is 12.4. The summed E-state index contributed by atoms with van der Waals surface area (Å²) >= 11 is 0. The molecule has 1 N–H and O–H groups in total. The largest absolute Gasteiger partial charge is 0.478 e. The van der Waals surface area contributed by atoms with Crippen LogP contribution in [-0.2, 0) is 14.3 Å². The first-order valence-electron chi connectivity index (χ1n) is 8.16. The van der Waals surface area contributed by atoms with Gasteiger partial charge in [0.25, 0.3) is 0 Å². The maximum atomic E-state index is 11.7. The fraction of sp³-hybridized carbons (Fsp3) is 0.765. The summed E-state index contributed by atoms with van der Waals surface area (Å²) in [6, 6.07) is 0. The van der Waals surface area contributed by atoms with Crippen LogP contribution in [0.25, 0.3) is 0 Å². The summed E-state index contributed by atoms with van der Waals surface area (Å²) in [5, 5.41) is 8.55. The predicted molar refractivity (Wildman–Crippen MR) is 84.1 cm³/mol. The van der Waals surface area contributed by atoms with Crippen LogP contribution in [0.15, 0.2) is 12.2 Å². The zero-order valence-corrected chi connectivity index (χ0v) is 13.6. The lowest BCUT2D eigenvalue weighted by Crippen LogP contribution is -2.26. The van der Waals surface area contributed by atoms with Gasteiger partial charge in [0.2, 0.25) is 0 Å². The van der Waals surface area contributed by atoms with Crippen LogP contribution < -0.4 is 0 Å². The van der Waals surface area contributed by atoms with Crippen LogP contribution in [0.5, 0.6) is 0 Å². The van der Waals surface area contributed by atoms with Crippen LogP contribution in [0.4, 0.5) is 0 Å². The molecule has 0 aromatic rings. The van der Waals surface area contributed by atoms with Gasteiger partial charge < -0.3 is 9.84 Å². The molecule has 122 valence electrons. The Morgan fingerprint density at radius 2 is 1.67 bits per heavy atom. The summed E-state index contributed by atoms with van der Waals surface area (Å²) in [5.41, 5.74) is 0. The molecule has 0 rings (SSSR count). The monoisotopic (exact) mass is 298 g/mol. The minimum absolute atomic E-state index is 0.0981. The molecule has 0 radical (unpaired) electrons. The Labute approximate surface area is 128 Å². The third-order valence-corrected chi connectivity index (χ3v) is 3.70. The number of carboxylic acid groups (broad SMARTS) is 1. The van der Waals surface area contributed by atoms with Gasteiger partial charge in [-0.05, 0) is 31.6 Å². The van der Waals surface area contributed by atoms with E-state index in [0.29, 0.717) is 5.92 Å². The molecule has 0 aliphatic heterocycles. The van der Waals surface area contributed by atoms with E-state index in [1.54, 1.807) is 0 Å². The average molecular weight is 298 g/mol. The summed E-state index contributed by atoms with van der Waals surface area (Å²) in [6.45, 7) is 6.42. The molecule has 4 heteroatoms. The highest BCUT2D eigenvalue weighted by molar-refractivity contribution is 5.90. The second-order valence-electron chi connectivity index (χ2n) is 5.45. The van der Waals surface area contributed by atoms with Gasteiger partial charge in [0, 0.05) is 12.2 Å².